The Morgan fingerprint density at radius 3 is 2.97 bits per heavy atom. The van der Waals surface area contributed by atoms with Crippen LogP contribution in [-0.2, 0) is 14.3 Å². The molecule has 0 aliphatic carbocycles. The minimum atomic E-state index is -1.87. The number of ether oxygens (including phenoxy) is 1. The third kappa shape index (κ3) is 3.90. The third-order valence-electron chi connectivity index (χ3n) is 5.89. The third-order valence-corrected chi connectivity index (χ3v) is 5.89. The highest BCUT2D eigenvalue weighted by Gasteiger charge is 2.51. The number of anilines is 3. The minimum absolute atomic E-state index is 0.0637. The number of pyridine rings is 1. The Labute approximate surface area is 203 Å². The molecular weight excluding hydrogens is 468 g/mol. The van der Waals surface area contributed by atoms with Gasteiger partial charge in [0.05, 0.1) is 36.0 Å². The standard InChI is InChI=1S/C23H20N8O5/c1-23(19(32)21(33)27-14-2-3-16-17(9-14)36-29-20(16)25)22(34)30(6-7-35-23)18-4-5-31(28-18)15-8-13(10-24)11-26-12-15/h2-5,8-9,11-12,19,32H,6-7H2,1H3,(H2,25,29)(H,27,33)/t19-,23+/m0/s1. The normalized spacial score (nSPS) is 18.7. The number of hydrogen-bond donors (Lipinski definition) is 3. The van der Waals surface area contributed by atoms with Crippen LogP contribution in [0.5, 0.6) is 0 Å². The molecule has 1 aliphatic heterocycles. The van der Waals surface area contributed by atoms with Crippen molar-refractivity contribution in [2.24, 2.45) is 0 Å². The number of benzene rings is 1. The molecule has 1 aromatic carbocycles. The van der Waals surface area contributed by atoms with Crippen LogP contribution in [0.2, 0.25) is 0 Å². The first-order valence-electron chi connectivity index (χ1n) is 10.8. The maximum Gasteiger partial charge on any atom is 0.263 e. The SMILES string of the molecule is C[C@]1([C@@H](O)C(=O)Nc2ccc3c(N)noc3c2)OCCN(c2ccn(-c3cncc(C#N)c3)n2)C1=O. The Hall–Kier alpha value is -4.80. The average Bonchev–Trinajstić information content (AvgIpc) is 3.52. The summed E-state index contributed by atoms with van der Waals surface area (Å²) in [4.78, 5) is 31.6. The summed E-state index contributed by atoms with van der Waals surface area (Å²) >= 11 is 0. The fourth-order valence-corrected chi connectivity index (χ4v) is 3.91. The lowest BCUT2D eigenvalue weighted by atomic mass is 9.94. The molecule has 0 radical (unpaired) electrons. The maximum atomic E-state index is 13.4. The van der Waals surface area contributed by atoms with Gasteiger partial charge in [0.25, 0.3) is 11.8 Å². The number of nitrogens with zero attached hydrogens (tertiary/aromatic N) is 6. The fraction of sp³-hybridized carbons (Fsp3) is 0.217. The highest BCUT2D eigenvalue weighted by molar-refractivity contribution is 6.06. The van der Waals surface area contributed by atoms with Gasteiger partial charge in [-0.3, -0.25) is 19.5 Å². The first-order chi connectivity index (χ1) is 17.3. The summed E-state index contributed by atoms with van der Waals surface area (Å²) in [5.41, 5.74) is 5.40. The summed E-state index contributed by atoms with van der Waals surface area (Å²) in [6.45, 7) is 1.58. The van der Waals surface area contributed by atoms with Crippen molar-refractivity contribution in [1.29, 1.82) is 5.26 Å². The molecule has 0 bridgehead atoms. The van der Waals surface area contributed by atoms with Gasteiger partial charge in [-0.1, -0.05) is 5.16 Å². The monoisotopic (exact) mass is 488 g/mol. The van der Waals surface area contributed by atoms with Crippen LogP contribution >= 0.6 is 0 Å². The summed E-state index contributed by atoms with van der Waals surface area (Å²) in [6.07, 6.45) is 2.74. The number of nitrogens with one attached hydrogen (secondary N) is 1. The number of aromatic nitrogens is 4. The zero-order chi connectivity index (χ0) is 25.4. The lowest BCUT2D eigenvalue weighted by molar-refractivity contribution is -0.170. The molecular formula is C23H20N8O5. The Bertz CT molecular complexity index is 1520. The Balaban J connectivity index is 1.34. The van der Waals surface area contributed by atoms with Gasteiger partial charge in [-0.15, -0.1) is 5.10 Å². The Morgan fingerprint density at radius 1 is 1.33 bits per heavy atom. The van der Waals surface area contributed by atoms with Crippen LogP contribution in [0.4, 0.5) is 17.3 Å². The highest BCUT2D eigenvalue weighted by Crippen LogP contribution is 2.29. The van der Waals surface area contributed by atoms with E-state index in [-0.39, 0.29) is 24.8 Å². The number of aliphatic hydroxyl groups is 1. The molecule has 0 unspecified atom stereocenters. The van der Waals surface area contributed by atoms with Crippen LogP contribution in [0.1, 0.15) is 12.5 Å². The van der Waals surface area contributed by atoms with Crippen molar-refractivity contribution in [1.82, 2.24) is 19.9 Å². The van der Waals surface area contributed by atoms with E-state index >= 15 is 0 Å². The van der Waals surface area contributed by atoms with Crippen molar-refractivity contribution in [3.63, 3.8) is 0 Å². The lowest BCUT2D eigenvalue weighted by Crippen LogP contribution is -2.63. The molecule has 2 atom stereocenters. The number of nitrogen functional groups attached to an aromatic ring is 1. The quantitative estimate of drug-likeness (QED) is 0.366. The highest BCUT2D eigenvalue weighted by atomic mass is 16.5. The number of fused-ring (bicyclic) bond motifs is 1. The van der Waals surface area contributed by atoms with Gasteiger partial charge in [0, 0.05) is 30.2 Å². The molecule has 36 heavy (non-hydrogen) atoms. The predicted molar refractivity (Wildman–Crippen MR) is 126 cm³/mol. The summed E-state index contributed by atoms with van der Waals surface area (Å²) < 4.78 is 12.2. The van der Waals surface area contributed by atoms with Crippen LogP contribution in [0.3, 0.4) is 0 Å². The second kappa shape index (κ2) is 8.77. The van der Waals surface area contributed by atoms with E-state index in [0.717, 1.165) is 0 Å². The van der Waals surface area contributed by atoms with Crippen molar-refractivity contribution in [3.05, 3.63) is 54.5 Å². The predicted octanol–water partition coefficient (Wildman–Crippen LogP) is 0.984. The van der Waals surface area contributed by atoms with Gasteiger partial charge >= 0.3 is 0 Å². The molecule has 1 saturated heterocycles. The molecule has 2 amide bonds. The zero-order valence-corrected chi connectivity index (χ0v) is 19.0. The summed E-state index contributed by atoms with van der Waals surface area (Å²) in [5.74, 6) is -0.973. The van der Waals surface area contributed by atoms with E-state index in [9.17, 15) is 14.7 Å². The van der Waals surface area contributed by atoms with Gasteiger partial charge in [0.2, 0.25) is 0 Å². The number of nitriles is 1. The van der Waals surface area contributed by atoms with Crippen LogP contribution < -0.4 is 16.0 Å². The fourth-order valence-electron chi connectivity index (χ4n) is 3.91. The van der Waals surface area contributed by atoms with Crippen LogP contribution in [-0.4, -0.2) is 61.7 Å². The number of nitrogens with two attached hydrogens (primary N) is 1. The van der Waals surface area contributed by atoms with Crippen molar-refractivity contribution in [3.8, 4) is 11.8 Å². The molecule has 13 nitrogen and oxygen atoms in total. The van der Waals surface area contributed by atoms with Crippen molar-refractivity contribution >= 4 is 40.1 Å². The number of carbonyl (C=O) groups excluding carboxylic acids is 2. The van der Waals surface area contributed by atoms with E-state index in [1.165, 1.54) is 35.0 Å². The van der Waals surface area contributed by atoms with E-state index in [4.69, 9.17) is 20.3 Å². The number of amides is 2. The molecule has 1 aliphatic rings. The molecule has 4 aromatic rings. The molecule has 0 spiro atoms. The van der Waals surface area contributed by atoms with Gasteiger partial charge in [-0.25, -0.2) is 4.68 Å². The maximum absolute atomic E-state index is 13.4. The second-order valence-corrected chi connectivity index (χ2v) is 8.24. The molecule has 1 fully saturated rings. The number of morpholine rings is 1. The van der Waals surface area contributed by atoms with Crippen LogP contribution in [0.25, 0.3) is 16.7 Å². The van der Waals surface area contributed by atoms with Crippen LogP contribution in [0.15, 0.2) is 53.4 Å². The van der Waals surface area contributed by atoms with E-state index < -0.39 is 23.5 Å². The molecule has 182 valence electrons. The molecule has 13 heteroatoms. The van der Waals surface area contributed by atoms with E-state index in [0.29, 0.717) is 27.9 Å². The van der Waals surface area contributed by atoms with Gasteiger partial charge in [0.1, 0.15) is 6.07 Å². The first-order valence-corrected chi connectivity index (χ1v) is 10.8. The molecule has 0 saturated carbocycles. The summed E-state index contributed by atoms with van der Waals surface area (Å²) in [5, 5.41) is 31.1. The molecule has 4 heterocycles. The molecule has 5 rings (SSSR count). The number of aliphatic hydroxyl groups excluding tert-OH is 1. The zero-order valence-electron chi connectivity index (χ0n) is 19.0. The molecule has 4 N–H and O–H groups in total. The van der Waals surface area contributed by atoms with Gasteiger partial charge in [-0.2, -0.15) is 5.26 Å². The van der Waals surface area contributed by atoms with E-state index in [1.54, 1.807) is 30.5 Å². The largest absolute Gasteiger partial charge is 0.380 e. The second-order valence-electron chi connectivity index (χ2n) is 8.24. The topological polar surface area (TPSA) is 185 Å². The first kappa shape index (κ1) is 23.0. The van der Waals surface area contributed by atoms with Crippen molar-refractivity contribution in [2.45, 2.75) is 18.6 Å². The van der Waals surface area contributed by atoms with Crippen molar-refractivity contribution < 1.29 is 24.0 Å². The van der Waals surface area contributed by atoms with Gasteiger partial charge in [0.15, 0.2) is 28.9 Å². The lowest BCUT2D eigenvalue weighted by Gasteiger charge is -2.40. The van der Waals surface area contributed by atoms with Crippen LogP contribution in [0, 0.1) is 11.3 Å². The van der Waals surface area contributed by atoms with Gasteiger partial charge in [-0.05, 0) is 25.1 Å². The number of carbonyl (C=O) groups is 2. The smallest absolute Gasteiger partial charge is 0.263 e. The van der Waals surface area contributed by atoms with Gasteiger partial charge < -0.3 is 25.4 Å². The van der Waals surface area contributed by atoms with E-state index in [2.05, 4.69) is 20.6 Å². The molecule has 3 aromatic heterocycles. The minimum Gasteiger partial charge on any atom is -0.380 e. The Kier molecular flexibility index (Phi) is 5.59. The summed E-state index contributed by atoms with van der Waals surface area (Å²) in [7, 11) is 0. The Morgan fingerprint density at radius 2 is 2.17 bits per heavy atom. The van der Waals surface area contributed by atoms with E-state index in [1.807, 2.05) is 6.07 Å². The summed E-state index contributed by atoms with van der Waals surface area (Å²) in [6, 6.07) is 9.91. The average molecular weight is 488 g/mol. The number of hydrogen-bond acceptors (Lipinski definition) is 10. The number of rotatable bonds is 5. The van der Waals surface area contributed by atoms with Crippen molar-refractivity contribution in [2.75, 3.05) is 29.1 Å².